The number of allylic oxidation sites excluding steroid dienone is 1. The van der Waals surface area contributed by atoms with Gasteiger partial charge in [0.05, 0.1) is 12.7 Å². The van der Waals surface area contributed by atoms with Crippen LogP contribution in [0.1, 0.15) is 44.1 Å². The molecule has 0 saturated carbocycles. The first kappa shape index (κ1) is 20.5. The van der Waals surface area contributed by atoms with Crippen molar-refractivity contribution < 1.29 is 13.9 Å². The topological polar surface area (TPSA) is 26.3 Å². The third-order valence-corrected chi connectivity index (χ3v) is 5.16. The first-order valence-electron chi connectivity index (χ1n) is 9.64. The van der Waals surface area contributed by atoms with Gasteiger partial charge in [0.1, 0.15) is 5.82 Å². The molecular formula is C26H25FO2. The number of hydrogen-bond donors (Lipinski definition) is 0. The molecule has 0 aliphatic rings. The van der Waals surface area contributed by atoms with E-state index in [4.69, 9.17) is 4.74 Å². The highest BCUT2D eigenvalue weighted by Crippen LogP contribution is 2.25. The number of benzene rings is 3. The normalized spacial score (nSPS) is 12.1. The molecule has 0 spiro atoms. The minimum Gasteiger partial charge on any atom is -0.465 e. The van der Waals surface area contributed by atoms with E-state index in [0.29, 0.717) is 5.56 Å². The van der Waals surface area contributed by atoms with Crippen LogP contribution < -0.4 is 0 Å². The van der Waals surface area contributed by atoms with Gasteiger partial charge < -0.3 is 4.74 Å². The zero-order valence-electron chi connectivity index (χ0n) is 17.0. The van der Waals surface area contributed by atoms with Crippen molar-refractivity contribution in [3.05, 3.63) is 112 Å². The van der Waals surface area contributed by atoms with Gasteiger partial charge in [-0.15, -0.1) is 0 Å². The molecule has 0 aromatic heterocycles. The molecule has 148 valence electrons. The molecule has 1 atom stereocenters. The van der Waals surface area contributed by atoms with Crippen LogP contribution in [0, 0.1) is 19.7 Å². The van der Waals surface area contributed by atoms with Crippen LogP contribution in [0.2, 0.25) is 0 Å². The summed E-state index contributed by atoms with van der Waals surface area (Å²) in [5, 5.41) is 0. The van der Waals surface area contributed by atoms with Crippen molar-refractivity contribution in [3.63, 3.8) is 0 Å². The number of halogens is 1. The zero-order valence-corrected chi connectivity index (χ0v) is 17.0. The lowest BCUT2D eigenvalue weighted by molar-refractivity contribution is 0.0600. The van der Waals surface area contributed by atoms with Gasteiger partial charge in [0, 0.05) is 5.92 Å². The van der Waals surface area contributed by atoms with E-state index in [1.807, 2.05) is 24.3 Å². The Morgan fingerprint density at radius 3 is 2.41 bits per heavy atom. The van der Waals surface area contributed by atoms with E-state index in [1.54, 1.807) is 24.3 Å². The minimum atomic E-state index is -0.354. The van der Waals surface area contributed by atoms with Gasteiger partial charge in [-0.2, -0.15) is 0 Å². The Kier molecular flexibility index (Phi) is 6.61. The Hall–Kier alpha value is -3.20. The Bertz CT molecular complexity index is 1020. The Balaban J connectivity index is 1.87. The van der Waals surface area contributed by atoms with Gasteiger partial charge in [0.2, 0.25) is 0 Å². The van der Waals surface area contributed by atoms with Crippen LogP contribution in [0.4, 0.5) is 4.39 Å². The monoisotopic (exact) mass is 388 g/mol. The summed E-state index contributed by atoms with van der Waals surface area (Å²) in [6.45, 7) is 4.20. The van der Waals surface area contributed by atoms with Crippen LogP contribution in [0.15, 0.2) is 72.8 Å². The standard InChI is InChI=1S/C26H25FO2/c1-18-7-8-21(15-19(18)2)16-24(23-5-4-6-25(27)17-23)14-11-20-9-12-22(13-10-20)26(28)29-3/h4-15,17,24H,16H2,1-3H3/b14-11+. The number of aryl methyl sites for hydroxylation is 2. The third kappa shape index (κ3) is 5.41. The number of methoxy groups -OCH3 is 1. The number of esters is 1. The molecule has 1 unspecified atom stereocenters. The molecular weight excluding hydrogens is 363 g/mol. The van der Waals surface area contributed by atoms with Gasteiger partial charge in [-0.3, -0.25) is 0 Å². The second-order valence-electron chi connectivity index (χ2n) is 7.26. The zero-order chi connectivity index (χ0) is 20.8. The number of ether oxygens (including phenoxy) is 1. The molecule has 0 bridgehead atoms. The molecule has 3 heteroatoms. The molecule has 0 saturated heterocycles. The molecule has 0 fully saturated rings. The summed E-state index contributed by atoms with van der Waals surface area (Å²) in [6.07, 6.45) is 4.89. The van der Waals surface area contributed by atoms with Crippen molar-refractivity contribution in [2.24, 2.45) is 0 Å². The molecule has 3 rings (SSSR count). The molecule has 3 aromatic carbocycles. The van der Waals surface area contributed by atoms with Crippen molar-refractivity contribution >= 4 is 12.0 Å². The highest BCUT2D eigenvalue weighted by Gasteiger charge is 2.11. The average molecular weight is 388 g/mol. The van der Waals surface area contributed by atoms with Crippen molar-refractivity contribution in [2.45, 2.75) is 26.2 Å². The quantitative estimate of drug-likeness (QED) is 0.465. The van der Waals surface area contributed by atoms with Gasteiger partial charge in [-0.05, 0) is 72.4 Å². The van der Waals surface area contributed by atoms with Crippen LogP contribution >= 0.6 is 0 Å². The maximum atomic E-state index is 13.8. The summed E-state index contributed by atoms with van der Waals surface area (Å²) in [4.78, 5) is 11.6. The largest absolute Gasteiger partial charge is 0.465 e. The summed E-state index contributed by atoms with van der Waals surface area (Å²) in [5.74, 6) is -0.551. The fourth-order valence-corrected chi connectivity index (χ4v) is 3.29. The lowest BCUT2D eigenvalue weighted by Crippen LogP contribution is -2.02. The van der Waals surface area contributed by atoms with E-state index >= 15 is 0 Å². The summed E-state index contributed by atoms with van der Waals surface area (Å²) in [5.41, 5.74) is 6.15. The Morgan fingerprint density at radius 2 is 1.76 bits per heavy atom. The molecule has 0 aliphatic heterocycles. The molecule has 2 nitrogen and oxygen atoms in total. The summed E-state index contributed by atoms with van der Waals surface area (Å²) < 4.78 is 18.6. The number of carbonyl (C=O) groups excluding carboxylic acids is 1. The summed E-state index contributed by atoms with van der Waals surface area (Å²) in [7, 11) is 1.37. The van der Waals surface area contributed by atoms with Crippen molar-refractivity contribution in [3.8, 4) is 0 Å². The second-order valence-corrected chi connectivity index (χ2v) is 7.26. The molecule has 0 radical (unpaired) electrons. The molecule has 0 aliphatic carbocycles. The van der Waals surface area contributed by atoms with E-state index in [1.165, 1.54) is 29.9 Å². The Labute approximate surface area is 171 Å². The van der Waals surface area contributed by atoms with Crippen LogP contribution in [-0.4, -0.2) is 13.1 Å². The first-order valence-corrected chi connectivity index (χ1v) is 9.64. The Morgan fingerprint density at radius 1 is 1.00 bits per heavy atom. The fourth-order valence-electron chi connectivity index (χ4n) is 3.29. The SMILES string of the molecule is COC(=O)c1ccc(/C=C/C(Cc2ccc(C)c(C)c2)c2cccc(F)c2)cc1. The van der Waals surface area contributed by atoms with E-state index in [9.17, 15) is 9.18 Å². The number of rotatable bonds is 6. The van der Waals surface area contributed by atoms with Crippen molar-refractivity contribution in [1.82, 2.24) is 0 Å². The fraction of sp³-hybridized carbons (Fsp3) is 0.192. The predicted molar refractivity (Wildman–Crippen MR) is 116 cm³/mol. The predicted octanol–water partition coefficient (Wildman–Crippen LogP) is 6.27. The smallest absolute Gasteiger partial charge is 0.337 e. The first-order chi connectivity index (χ1) is 14.0. The van der Waals surface area contributed by atoms with Gasteiger partial charge in [0.15, 0.2) is 0 Å². The molecule has 0 heterocycles. The highest BCUT2D eigenvalue weighted by atomic mass is 19.1. The highest BCUT2D eigenvalue weighted by molar-refractivity contribution is 5.89. The van der Waals surface area contributed by atoms with E-state index in [0.717, 1.165) is 17.5 Å². The summed E-state index contributed by atoms with van der Waals surface area (Å²) >= 11 is 0. The van der Waals surface area contributed by atoms with Gasteiger partial charge >= 0.3 is 5.97 Å². The van der Waals surface area contributed by atoms with Crippen molar-refractivity contribution in [2.75, 3.05) is 7.11 Å². The van der Waals surface area contributed by atoms with Gasteiger partial charge in [-0.1, -0.05) is 54.6 Å². The average Bonchev–Trinajstić information content (AvgIpc) is 2.73. The van der Waals surface area contributed by atoms with Gasteiger partial charge in [-0.25, -0.2) is 9.18 Å². The molecule has 3 aromatic rings. The van der Waals surface area contributed by atoms with Crippen molar-refractivity contribution in [1.29, 1.82) is 0 Å². The number of hydrogen-bond acceptors (Lipinski definition) is 2. The van der Waals surface area contributed by atoms with Crippen LogP contribution in [0.3, 0.4) is 0 Å². The maximum Gasteiger partial charge on any atom is 0.337 e. The van der Waals surface area contributed by atoms with Crippen LogP contribution in [0.25, 0.3) is 6.08 Å². The molecule has 0 N–H and O–H groups in total. The summed E-state index contributed by atoms with van der Waals surface area (Å²) in [6, 6.07) is 20.5. The lowest BCUT2D eigenvalue weighted by Gasteiger charge is -2.15. The van der Waals surface area contributed by atoms with Crippen LogP contribution in [-0.2, 0) is 11.2 Å². The number of carbonyl (C=O) groups is 1. The third-order valence-electron chi connectivity index (χ3n) is 5.16. The van der Waals surface area contributed by atoms with E-state index < -0.39 is 0 Å². The maximum absolute atomic E-state index is 13.8. The molecule has 0 amide bonds. The minimum absolute atomic E-state index is 0.0353. The van der Waals surface area contributed by atoms with E-state index in [-0.39, 0.29) is 17.7 Å². The van der Waals surface area contributed by atoms with E-state index in [2.05, 4.69) is 38.1 Å². The molecule has 29 heavy (non-hydrogen) atoms. The van der Waals surface area contributed by atoms with Crippen LogP contribution in [0.5, 0.6) is 0 Å². The second kappa shape index (κ2) is 9.33. The van der Waals surface area contributed by atoms with Gasteiger partial charge in [0.25, 0.3) is 0 Å². The lowest BCUT2D eigenvalue weighted by atomic mass is 9.90.